The van der Waals surface area contributed by atoms with Crippen molar-refractivity contribution < 1.29 is 0 Å². The molecular formula is C12H16SSe. The molecule has 0 spiro atoms. The van der Waals surface area contributed by atoms with E-state index in [1.54, 1.807) is 0 Å². The zero-order valence-electron chi connectivity index (χ0n) is 8.75. The molecule has 0 unspecified atom stereocenters. The van der Waals surface area contributed by atoms with E-state index in [1.807, 2.05) is 0 Å². The second kappa shape index (κ2) is 6.34. The van der Waals surface area contributed by atoms with Gasteiger partial charge in [-0.25, -0.2) is 0 Å². The molecule has 0 heterocycles. The minimum absolute atomic E-state index is 0.401. The van der Waals surface area contributed by atoms with Gasteiger partial charge in [-0.3, -0.25) is 0 Å². The molecule has 0 aliphatic heterocycles. The molecule has 1 aromatic carbocycles. The summed E-state index contributed by atoms with van der Waals surface area (Å²) in [4.78, 5) is 0. The third-order valence-electron chi connectivity index (χ3n) is 1.99. The van der Waals surface area contributed by atoms with Gasteiger partial charge in [0.05, 0.1) is 0 Å². The summed E-state index contributed by atoms with van der Waals surface area (Å²) in [6, 6.07) is 8.74. The van der Waals surface area contributed by atoms with Crippen LogP contribution in [0.2, 0.25) is 0 Å². The predicted octanol–water partition coefficient (Wildman–Crippen LogP) is 2.84. The molecular weight excluding hydrogens is 255 g/mol. The van der Waals surface area contributed by atoms with Crippen LogP contribution >= 0.6 is 12.2 Å². The van der Waals surface area contributed by atoms with Crippen molar-refractivity contribution in [3.8, 4) is 0 Å². The van der Waals surface area contributed by atoms with Gasteiger partial charge in [0.1, 0.15) is 0 Å². The van der Waals surface area contributed by atoms with Gasteiger partial charge in [0.15, 0.2) is 0 Å². The van der Waals surface area contributed by atoms with Crippen molar-refractivity contribution in [2.24, 2.45) is 0 Å². The van der Waals surface area contributed by atoms with Crippen LogP contribution in [0.25, 0.3) is 0 Å². The monoisotopic (exact) mass is 272 g/mol. The number of benzene rings is 1. The first-order valence-corrected chi connectivity index (χ1v) is 7.12. The SMILES string of the molecule is CCCCC(=S)[Se]c1ccc(C)cc1. The predicted molar refractivity (Wildman–Crippen MR) is 68.7 cm³/mol. The molecule has 0 fully saturated rings. The van der Waals surface area contributed by atoms with Gasteiger partial charge < -0.3 is 0 Å². The molecule has 0 N–H and O–H groups in total. The number of rotatable bonds is 5. The first-order chi connectivity index (χ1) is 6.72. The first-order valence-electron chi connectivity index (χ1n) is 4.99. The number of thiocarbonyl (C=S) groups is 1. The van der Waals surface area contributed by atoms with Crippen LogP contribution in [-0.2, 0) is 0 Å². The second-order valence-electron chi connectivity index (χ2n) is 3.39. The van der Waals surface area contributed by atoms with E-state index in [-0.39, 0.29) is 0 Å². The maximum absolute atomic E-state index is 5.36. The molecule has 0 aliphatic carbocycles. The third kappa shape index (κ3) is 4.36. The standard InChI is InChI=1S/C12H16SSe/c1-3-4-5-12(13)14-11-8-6-10(2)7-9-11/h6-9H,3-5H2,1-2H3. The van der Waals surface area contributed by atoms with Crippen LogP contribution in [0.5, 0.6) is 0 Å². The van der Waals surface area contributed by atoms with Crippen molar-refractivity contribution in [3.63, 3.8) is 0 Å². The quantitative estimate of drug-likeness (QED) is 0.586. The number of hydrogen-bond acceptors (Lipinski definition) is 1. The Kier molecular flexibility index (Phi) is 5.39. The summed E-state index contributed by atoms with van der Waals surface area (Å²) in [6.45, 7) is 4.33. The van der Waals surface area contributed by atoms with E-state index in [0.29, 0.717) is 15.0 Å². The van der Waals surface area contributed by atoms with Crippen molar-refractivity contribution in [2.45, 2.75) is 33.1 Å². The fourth-order valence-corrected chi connectivity index (χ4v) is 3.39. The summed E-state index contributed by atoms with van der Waals surface area (Å²) < 4.78 is 2.66. The van der Waals surface area contributed by atoms with Crippen molar-refractivity contribution >= 4 is 35.4 Å². The topological polar surface area (TPSA) is 0 Å². The van der Waals surface area contributed by atoms with Crippen LogP contribution < -0.4 is 4.46 Å². The van der Waals surface area contributed by atoms with E-state index < -0.39 is 0 Å². The van der Waals surface area contributed by atoms with E-state index in [2.05, 4.69) is 38.1 Å². The molecule has 0 aliphatic rings. The third-order valence-corrected chi connectivity index (χ3v) is 4.60. The zero-order valence-corrected chi connectivity index (χ0v) is 11.3. The number of hydrogen-bond donors (Lipinski definition) is 0. The van der Waals surface area contributed by atoms with Crippen LogP contribution in [0.15, 0.2) is 24.3 Å². The molecule has 0 bridgehead atoms. The molecule has 1 aromatic rings. The summed E-state index contributed by atoms with van der Waals surface area (Å²) >= 11 is 5.76. The first kappa shape index (κ1) is 11.9. The fourth-order valence-electron chi connectivity index (χ4n) is 1.11. The fraction of sp³-hybridized carbons (Fsp3) is 0.417. The minimum atomic E-state index is 0.401. The normalized spacial score (nSPS) is 10.1. The van der Waals surface area contributed by atoms with Crippen LogP contribution in [0.4, 0.5) is 0 Å². The van der Waals surface area contributed by atoms with Gasteiger partial charge in [-0.1, -0.05) is 0 Å². The summed E-state index contributed by atoms with van der Waals surface area (Å²) in [5.74, 6) is 0. The maximum atomic E-state index is 5.36. The Morgan fingerprint density at radius 2 is 1.93 bits per heavy atom. The molecule has 0 saturated carbocycles. The Labute approximate surface area is 98.3 Å². The van der Waals surface area contributed by atoms with Gasteiger partial charge in [-0.2, -0.15) is 0 Å². The molecule has 14 heavy (non-hydrogen) atoms. The summed E-state index contributed by atoms with van der Waals surface area (Å²) in [7, 11) is 0. The van der Waals surface area contributed by atoms with E-state index in [4.69, 9.17) is 12.2 Å². The van der Waals surface area contributed by atoms with E-state index >= 15 is 0 Å². The van der Waals surface area contributed by atoms with Gasteiger partial charge in [0, 0.05) is 0 Å². The van der Waals surface area contributed by atoms with E-state index in [9.17, 15) is 0 Å². The Balaban J connectivity index is 2.44. The van der Waals surface area contributed by atoms with Gasteiger partial charge in [-0.05, 0) is 0 Å². The molecule has 0 amide bonds. The summed E-state index contributed by atoms with van der Waals surface area (Å²) in [5, 5.41) is 0. The van der Waals surface area contributed by atoms with Crippen LogP contribution in [0, 0.1) is 6.92 Å². The van der Waals surface area contributed by atoms with Gasteiger partial charge in [-0.15, -0.1) is 0 Å². The average Bonchev–Trinajstić information content (AvgIpc) is 2.18. The Bertz CT molecular complexity index is 290. The molecule has 0 nitrogen and oxygen atoms in total. The molecule has 1 rings (SSSR count). The van der Waals surface area contributed by atoms with Gasteiger partial charge in [0.25, 0.3) is 0 Å². The number of aryl methyl sites for hydroxylation is 1. The Morgan fingerprint density at radius 1 is 1.29 bits per heavy atom. The summed E-state index contributed by atoms with van der Waals surface area (Å²) in [5.41, 5.74) is 1.32. The molecule has 0 radical (unpaired) electrons. The van der Waals surface area contributed by atoms with E-state index in [1.165, 1.54) is 26.6 Å². The Morgan fingerprint density at radius 3 is 2.50 bits per heavy atom. The molecule has 0 aromatic heterocycles. The van der Waals surface area contributed by atoms with Crippen molar-refractivity contribution in [3.05, 3.63) is 29.8 Å². The summed E-state index contributed by atoms with van der Waals surface area (Å²) in [6.07, 6.45) is 3.61. The van der Waals surface area contributed by atoms with Crippen LogP contribution in [0.1, 0.15) is 31.7 Å². The molecule has 2 heteroatoms. The van der Waals surface area contributed by atoms with E-state index in [0.717, 1.165) is 6.42 Å². The van der Waals surface area contributed by atoms with Crippen molar-refractivity contribution in [1.82, 2.24) is 0 Å². The average molecular weight is 271 g/mol. The van der Waals surface area contributed by atoms with Crippen molar-refractivity contribution in [2.75, 3.05) is 0 Å². The zero-order chi connectivity index (χ0) is 10.4. The second-order valence-corrected chi connectivity index (χ2v) is 6.92. The molecule has 0 saturated heterocycles. The Hall–Kier alpha value is -0.171. The molecule has 0 atom stereocenters. The molecule has 76 valence electrons. The van der Waals surface area contributed by atoms with Gasteiger partial charge >= 0.3 is 98.3 Å². The van der Waals surface area contributed by atoms with Crippen molar-refractivity contribution in [1.29, 1.82) is 0 Å². The number of unbranched alkanes of at least 4 members (excludes halogenated alkanes) is 1. The van der Waals surface area contributed by atoms with Crippen LogP contribution in [0.3, 0.4) is 0 Å². The van der Waals surface area contributed by atoms with Gasteiger partial charge in [0.2, 0.25) is 0 Å². The van der Waals surface area contributed by atoms with Crippen LogP contribution in [-0.4, -0.2) is 18.7 Å².